The molecule has 0 aliphatic heterocycles. The molecule has 0 bridgehead atoms. The SMILES string of the molecule is CCOC(=O)C1(C#N)CC2CCC2C1. The van der Waals surface area contributed by atoms with Gasteiger partial charge in [-0.3, -0.25) is 4.79 Å². The second-order valence-corrected chi connectivity index (χ2v) is 4.42. The summed E-state index contributed by atoms with van der Waals surface area (Å²) < 4.78 is 4.98. The van der Waals surface area contributed by atoms with Crippen LogP contribution in [0.3, 0.4) is 0 Å². The van der Waals surface area contributed by atoms with E-state index in [1.165, 1.54) is 12.8 Å². The molecule has 0 radical (unpaired) electrons. The largest absolute Gasteiger partial charge is 0.465 e. The Hall–Kier alpha value is -1.04. The maximum Gasteiger partial charge on any atom is 0.326 e. The number of fused-ring (bicyclic) bond motifs is 1. The van der Waals surface area contributed by atoms with Gasteiger partial charge in [-0.1, -0.05) is 0 Å². The zero-order valence-corrected chi connectivity index (χ0v) is 8.45. The van der Waals surface area contributed by atoms with Crippen LogP contribution in [0.1, 0.15) is 32.6 Å². The zero-order valence-electron chi connectivity index (χ0n) is 8.45. The van der Waals surface area contributed by atoms with E-state index >= 15 is 0 Å². The first kappa shape index (κ1) is 9.51. The quantitative estimate of drug-likeness (QED) is 0.629. The van der Waals surface area contributed by atoms with E-state index < -0.39 is 5.41 Å². The first-order valence-corrected chi connectivity index (χ1v) is 5.30. The van der Waals surface area contributed by atoms with Crippen molar-refractivity contribution in [3.05, 3.63) is 0 Å². The Morgan fingerprint density at radius 1 is 1.50 bits per heavy atom. The molecule has 2 rings (SSSR count). The average Bonchev–Trinajstić information content (AvgIpc) is 2.42. The Morgan fingerprint density at radius 3 is 2.43 bits per heavy atom. The number of hydrogen-bond acceptors (Lipinski definition) is 3. The second kappa shape index (κ2) is 3.27. The minimum atomic E-state index is -0.804. The van der Waals surface area contributed by atoms with Crippen molar-refractivity contribution < 1.29 is 9.53 Å². The van der Waals surface area contributed by atoms with Crippen molar-refractivity contribution in [1.29, 1.82) is 5.26 Å². The third-order valence-corrected chi connectivity index (χ3v) is 3.68. The average molecular weight is 193 g/mol. The van der Waals surface area contributed by atoms with Crippen LogP contribution >= 0.6 is 0 Å². The lowest BCUT2D eigenvalue weighted by Gasteiger charge is -2.29. The van der Waals surface area contributed by atoms with Crippen molar-refractivity contribution >= 4 is 5.97 Å². The van der Waals surface area contributed by atoms with Crippen LogP contribution in [-0.2, 0) is 9.53 Å². The Labute approximate surface area is 84.0 Å². The van der Waals surface area contributed by atoms with Gasteiger partial charge in [0.15, 0.2) is 5.41 Å². The van der Waals surface area contributed by atoms with Gasteiger partial charge in [0.1, 0.15) is 0 Å². The van der Waals surface area contributed by atoms with Crippen LogP contribution in [0, 0.1) is 28.6 Å². The van der Waals surface area contributed by atoms with Crippen molar-refractivity contribution in [1.82, 2.24) is 0 Å². The van der Waals surface area contributed by atoms with Gasteiger partial charge >= 0.3 is 5.97 Å². The van der Waals surface area contributed by atoms with Gasteiger partial charge < -0.3 is 4.74 Å². The second-order valence-electron chi connectivity index (χ2n) is 4.42. The van der Waals surface area contributed by atoms with E-state index in [0.717, 1.165) is 12.8 Å². The van der Waals surface area contributed by atoms with Gasteiger partial charge in [0.05, 0.1) is 12.7 Å². The topological polar surface area (TPSA) is 50.1 Å². The zero-order chi connectivity index (χ0) is 10.2. The molecule has 2 aliphatic rings. The van der Waals surface area contributed by atoms with E-state index in [1.807, 2.05) is 0 Å². The van der Waals surface area contributed by atoms with E-state index in [4.69, 9.17) is 10.00 Å². The minimum Gasteiger partial charge on any atom is -0.465 e. The molecule has 0 aromatic heterocycles. The molecule has 0 heterocycles. The maximum absolute atomic E-state index is 11.7. The van der Waals surface area contributed by atoms with Crippen molar-refractivity contribution in [3.8, 4) is 6.07 Å². The van der Waals surface area contributed by atoms with Crippen LogP contribution in [0.15, 0.2) is 0 Å². The first-order valence-electron chi connectivity index (χ1n) is 5.30. The number of esters is 1. The third-order valence-electron chi connectivity index (χ3n) is 3.68. The number of rotatable bonds is 2. The molecule has 2 saturated carbocycles. The normalized spacial score (nSPS) is 39.4. The molecule has 0 aromatic rings. The van der Waals surface area contributed by atoms with Gasteiger partial charge in [-0.05, 0) is 44.4 Å². The fourth-order valence-corrected chi connectivity index (χ4v) is 2.73. The number of nitriles is 1. The van der Waals surface area contributed by atoms with Crippen molar-refractivity contribution in [2.75, 3.05) is 6.61 Å². The summed E-state index contributed by atoms with van der Waals surface area (Å²) in [6, 6.07) is 2.19. The van der Waals surface area contributed by atoms with Gasteiger partial charge in [-0.25, -0.2) is 0 Å². The summed E-state index contributed by atoms with van der Waals surface area (Å²) in [5.41, 5.74) is -0.804. The fraction of sp³-hybridized carbons (Fsp3) is 0.818. The molecule has 14 heavy (non-hydrogen) atoms. The summed E-state index contributed by atoms with van der Waals surface area (Å²) in [5, 5.41) is 9.13. The monoisotopic (exact) mass is 193 g/mol. The Balaban J connectivity index is 2.11. The molecule has 2 aliphatic carbocycles. The molecule has 0 N–H and O–H groups in total. The van der Waals surface area contributed by atoms with E-state index in [9.17, 15) is 4.79 Å². The highest BCUT2D eigenvalue weighted by Crippen LogP contribution is 2.55. The Morgan fingerprint density at radius 2 is 2.07 bits per heavy atom. The molecule has 3 nitrogen and oxygen atoms in total. The van der Waals surface area contributed by atoms with Crippen LogP contribution in [0.25, 0.3) is 0 Å². The smallest absolute Gasteiger partial charge is 0.326 e. The van der Waals surface area contributed by atoms with E-state index in [-0.39, 0.29) is 5.97 Å². The first-order chi connectivity index (χ1) is 6.72. The molecule has 76 valence electrons. The number of ether oxygens (including phenoxy) is 1. The molecular formula is C11H15NO2. The number of nitrogens with zero attached hydrogens (tertiary/aromatic N) is 1. The summed E-state index contributed by atoms with van der Waals surface area (Å²) in [5.74, 6) is 0.926. The van der Waals surface area contributed by atoms with Crippen LogP contribution < -0.4 is 0 Å². The number of carbonyl (C=O) groups is 1. The highest BCUT2D eigenvalue weighted by molar-refractivity contribution is 5.80. The van der Waals surface area contributed by atoms with Crippen LogP contribution in [0.5, 0.6) is 0 Å². The van der Waals surface area contributed by atoms with Gasteiger partial charge in [0.2, 0.25) is 0 Å². The molecule has 0 amide bonds. The maximum atomic E-state index is 11.7. The molecule has 2 unspecified atom stereocenters. The third kappa shape index (κ3) is 1.21. The number of hydrogen-bond donors (Lipinski definition) is 0. The highest BCUT2D eigenvalue weighted by Gasteiger charge is 2.54. The number of carbonyl (C=O) groups excluding carboxylic acids is 1. The molecule has 3 heteroatoms. The standard InChI is InChI=1S/C11H15NO2/c1-2-14-10(13)11(7-12)5-8-3-4-9(8)6-11/h8-9H,2-6H2,1H3. The van der Waals surface area contributed by atoms with E-state index in [0.29, 0.717) is 18.4 Å². The predicted molar refractivity (Wildman–Crippen MR) is 50.1 cm³/mol. The van der Waals surface area contributed by atoms with Crippen LogP contribution in [0.2, 0.25) is 0 Å². The summed E-state index contributed by atoms with van der Waals surface area (Å²) in [4.78, 5) is 11.7. The van der Waals surface area contributed by atoms with Crippen molar-refractivity contribution in [2.24, 2.45) is 17.3 Å². The van der Waals surface area contributed by atoms with Crippen LogP contribution in [0.4, 0.5) is 0 Å². The van der Waals surface area contributed by atoms with Crippen LogP contribution in [-0.4, -0.2) is 12.6 Å². The van der Waals surface area contributed by atoms with Gasteiger partial charge in [-0.15, -0.1) is 0 Å². The molecular weight excluding hydrogens is 178 g/mol. The lowest BCUT2D eigenvalue weighted by Crippen LogP contribution is -2.28. The summed E-state index contributed by atoms with van der Waals surface area (Å²) >= 11 is 0. The molecule has 0 aromatic carbocycles. The highest BCUT2D eigenvalue weighted by atomic mass is 16.5. The fourth-order valence-electron chi connectivity index (χ4n) is 2.73. The summed E-state index contributed by atoms with van der Waals surface area (Å²) in [6.07, 6.45) is 3.83. The molecule has 2 atom stereocenters. The van der Waals surface area contributed by atoms with E-state index in [2.05, 4.69) is 6.07 Å². The van der Waals surface area contributed by atoms with Crippen molar-refractivity contribution in [2.45, 2.75) is 32.6 Å². The van der Waals surface area contributed by atoms with Gasteiger partial charge in [-0.2, -0.15) is 5.26 Å². The minimum absolute atomic E-state index is 0.295. The van der Waals surface area contributed by atoms with E-state index in [1.54, 1.807) is 6.92 Å². The lowest BCUT2D eigenvalue weighted by atomic mass is 9.77. The lowest BCUT2D eigenvalue weighted by molar-refractivity contribution is -0.151. The summed E-state index contributed by atoms with van der Waals surface area (Å²) in [6.45, 7) is 2.16. The Bertz CT molecular complexity index is 280. The molecule has 2 fully saturated rings. The predicted octanol–water partition coefficient (Wildman–Crippen LogP) is 1.88. The molecule has 0 saturated heterocycles. The van der Waals surface area contributed by atoms with Gasteiger partial charge in [0, 0.05) is 0 Å². The van der Waals surface area contributed by atoms with Gasteiger partial charge in [0.25, 0.3) is 0 Å². The summed E-state index contributed by atoms with van der Waals surface area (Å²) in [7, 11) is 0. The Kier molecular flexibility index (Phi) is 2.22. The molecule has 0 spiro atoms. The van der Waals surface area contributed by atoms with Crippen molar-refractivity contribution in [3.63, 3.8) is 0 Å².